The minimum absolute atomic E-state index is 0.0812. The molecule has 1 aromatic carbocycles. The lowest BCUT2D eigenvalue weighted by Gasteiger charge is -2.33. The Kier molecular flexibility index (Phi) is 5.77. The lowest BCUT2D eigenvalue weighted by atomic mass is 10.3. The summed E-state index contributed by atoms with van der Waals surface area (Å²) in [6.07, 6.45) is 0. The Bertz CT molecular complexity index is 909. The molecule has 1 aromatic heterocycles. The maximum absolute atomic E-state index is 12.7. The number of halogens is 3. The number of rotatable bonds is 3. The van der Waals surface area contributed by atoms with E-state index in [1.54, 1.807) is 11.0 Å². The first kappa shape index (κ1) is 19.1. The highest BCUT2D eigenvalue weighted by molar-refractivity contribution is 9.11. The number of carbonyl (C=O) groups is 1. The van der Waals surface area contributed by atoms with Gasteiger partial charge in [0.15, 0.2) is 0 Å². The lowest BCUT2D eigenvalue weighted by molar-refractivity contribution is 0.0703. The van der Waals surface area contributed by atoms with Gasteiger partial charge in [-0.1, -0.05) is 23.2 Å². The molecule has 0 radical (unpaired) electrons. The van der Waals surface area contributed by atoms with Gasteiger partial charge in [-0.3, -0.25) is 4.79 Å². The molecule has 0 aliphatic carbocycles. The van der Waals surface area contributed by atoms with Gasteiger partial charge < -0.3 is 4.90 Å². The average molecular weight is 484 g/mol. The number of amides is 1. The highest BCUT2D eigenvalue weighted by atomic mass is 79.9. The molecule has 0 atom stereocenters. The lowest BCUT2D eigenvalue weighted by Crippen LogP contribution is -2.50. The molecule has 2 heterocycles. The Morgan fingerprint density at radius 1 is 1.04 bits per heavy atom. The maximum Gasteiger partial charge on any atom is 0.264 e. The Hall–Kier alpha value is -0.640. The van der Waals surface area contributed by atoms with E-state index in [4.69, 9.17) is 23.2 Å². The molecule has 1 aliphatic heterocycles. The molecule has 3 rings (SSSR count). The van der Waals surface area contributed by atoms with Crippen LogP contribution in [0.4, 0.5) is 0 Å². The van der Waals surface area contributed by atoms with Gasteiger partial charge in [-0.15, -0.1) is 11.3 Å². The van der Waals surface area contributed by atoms with Gasteiger partial charge in [0.2, 0.25) is 10.0 Å². The zero-order valence-electron chi connectivity index (χ0n) is 12.8. The summed E-state index contributed by atoms with van der Waals surface area (Å²) in [5, 5.41) is 0.498. The molecule has 0 spiro atoms. The highest BCUT2D eigenvalue weighted by Gasteiger charge is 2.31. The first-order valence-electron chi connectivity index (χ1n) is 7.29. The molecule has 25 heavy (non-hydrogen) atoms. The second-order valence-electron chi connectivity index (χ2n) is 5.38. The molecule has 1 aliphatic rings. The van der Waals surface area contributed by atoms with Crippen LogP contribution in [0.3, 0.4) is 0 Å². The number of hydrogen-bond acceptors (Lipinski definition) is 4. The Morgan fingerprint density at radius 3 is 2.28 bits per heavy atom. The molecule has 1 fully saturated rings. The quantitative estimate of drug-likeness (QED) is 0.663. The van der Waals surface area contributed by atoms with E-state index >= 15 is 0 Å². The predicted molar refractivity (Wildman–Crippen MR) is 103 cm³/mol. The largest absolute Gasteiger partial charge is 0.335 e. The van der Waals surface area contributed by atoms with Crippen molar-refractivity contribution in [3.8, 4) is 0 Å². The molecule has 0 bridgehead atoms. The molecule has 2 aromatic rings. The van der Waals surface area contributed by atoms with E-state index < -0.39 is 10.0 Å². The summed E-state index contributed by atoms with van der Waals surface area (Å²) in [7, 11) is -3.66. The topological polar surface area (TPSA) is 57.7 Å². The van der Waals surface area contributed by atoms with Crippen LogP contribution in [0.15, 0.2) is 39.0 Å². The second-order valence-corrected chi connectivity index (χ2v) is 10.6. The number of piperazine rings is 1. The minimum Gasteiger partial charge on any atom is -0.335 e. The summed E-state index contributed by atoms with van der Waals surface area (Å²) < 4.78 is 27.7. The summed E-state index contributed by atoms with van der Waals surface area (Å²) in [6, 6.07) is 7.83. The van der Waals surface area contributed by atoms with Crippen LogP contribution in [0.1, 0.15) is 9.67 Å². The van der Waals surface area contributed by atoms with E-state index in [0.29, 0.717) is 23.0 Å². The van der Waals surface area contributed by atoms with Crippen molar-refractivity contribution in [2.24, 2.45) is 0 Å². The van der Waals surface area contributed by atoms with Gasteiger partial charge in [0, 0.05) is 26.2 Å². The number of benzene rings is 1. The first-order valence-corrected chi connectivity index (χ1v) is 11.1. The summed E-state index contributed by atoms with van der Waals surface area (Å²) in [5.74, 6) is -0.0812. The highest BCUT2D eigenvalue weighted by Crippen LogP contribution is 2.28. The van der Waals surface area contributed by atoms with Crippen molar-refractivity contribution in [2.45, 2.75) is 4.90 Å². The Balaban J connectivity index is 1.71. The molecule has 0 N–H and O–H groups in total. The minimum atomic E-state index is -3.66. The fraction of sp³-hybridized carbons (Fsp3) is 0.267. The van der Waals surface area contributed by atoms with Gasteiger partial charge in [0.05, 0.1) is 23.6 Å². The van der Waals surface area contributed by atoms with Crippen LogP contribution < -0.4 is 0 Å². The van der Waals surface area contributed by atoms with Gasteiger partial charge in [-0.2, -0.15) is 4.31 Å². The third kappa shape index (κ3) is 4.04. The van der Waals surface area contributed by atoms with E-state index in [1.165, 1.54) is 33.8 Å². The summed E-state index contributed by atoms with van der Waals surface area (Å²) in [6.45, 7) is 1.16. The van der Waals surface area contributed by atoms with Crippen molar-refractivity contribution in [3.05, 3.63) is 49.0 Å². The Labute approximate surface area is 168 Å². The number of sulfonamides is 1. The summed E-state index contributed by atoms with van der Waals surface area (Å²) >= 11 is 16.5. The fourth-order valence-corrected chi connectivity index (χ4v) is 5.67. The van der Waals surface area contributed by atoms with E-state index in [9.17, 15) is 13.2 Å². The third-order valence-corrected chi connectivity index (χ3v) is 8.08. The van der Waals surface area contributed by atoms with Crippen LogP contribution in [0, 0.1) is 0 Å². The monoisotopic (exact) mass is 482 g/mol. The normalized spacial score (nSPS) is 16.2. The van der Waals surface area contributed by atoms with Crippen molar-refractivity contribution >= 4 is 66.4 Å². The molecule has 5 nitrogen and oxygen atoms in total. The van der Waals surface area contributed by atoms with Gasteiger partial charge in [0.25, 0.3) is 5.91 Å². The maximum atomic E-state index is 12.7. The number of hydrogen-bond donors (Lipinski definition) is 0. The summed E-state index contributed by atoms with van der Waals surface area (Å²) in [5.41, 5.74) is 0. The van der Waals surface area contributed by atoms with Crippen LogP contribution in [0.25, 0.3) is 0 Å². The molecule has 10 heteroatoms. The molecule has 1 saturated heterocycles. The average Bonchev–Trinajstić information content (AvgIpc) is 3.03. The van der Waals surface area contributed by atoms with Crippen molar-refractivity contribution in [1.82, 2.24) is 9.21 Å². The molecule has 134 valence electrons. The van der Waals surface area contributed by atoms with Crippen LogP contribution in [0.5, 0.6) is 0 Å². The SMILES string of the molecule is O=C(c1ccc(Br)s1)N1CCN(S(=O)(=O)c2ccc(Cl)c(Cl)c2)CC1. The van der Waals surface area contributed by atoms with Crippen molar-refractivity contribution in [1.29, 1.82) is 0 Å². The van der Waals surface area contributed by atoms with Crippen molar-refractivity contribution in [3.63, 3.8) is 0 Å². The Morgan fingerprint density at radius 2 is 1.72 bits per heavy atom. The molecule has 1 amide bonds. The zero-order valence-corrected chi connectivity index (χ0v) is 17.5. The van der Waals surface area contributed by atoms with E-state index in [1.807, 2.05) is 6.07 Å². The standard InChI is InChI=1S/C15H13BrCl2N2O3S2/c16-14-4-3-13(24-14)15(21)19-5-7-20(8-6-19)25(22,23)10-1-2-11(17)12(18)9-10/h1-4,9H,5-8H2. The van der Waals surface area contributed by atoms with Crippen LogP contribution in [-0.2, 0) is 10.0 Å². The first-order chi connectivity index (χ1) is 11.8. The van der Waals surface area contributed by atoms with Crippen LogP contribution in [0.2, 0.25) is 10.0 Å². The van der Waals surface area contributed by atoms with E-state index in [-0.39, 0.29) is 28.9 Å². The van der Waals surface area contributed by atoms with E-state index in [0.717, 1.165) is 3.79 Å². The van der Waals surface area contributed by atoms with Crippen molar-refractivity contribution in [2.75, 3.05) is 26.2 Å². The van der Waals surface area contributed by atoms with Gasteiger partial charge in [-0.05, 0) is 46.3 Å². The van der Waals surface area contributed by atoms with Crippen LogP contribution in [-0.4, -0.2) is 49.7 Å². The second kappa shape index (κ2) is 7.54. The molecular weight excluding hydrogens is 471 g/mol. The summed E-state index contributed by atoms with van der Waals surface area (Å²) in [4.78, 5) is 14.8. The number of carbonyl (C=O) groups excluding carboxylic acids is 1. The smallest absolute Gasteiger partial charge is 0.264 e. The molecular formula is C15H13BrCl2N2O3S2. The van der Waals surface area contributed by atoms with Gasteiger partial charge in [-0.25, -0.2) is 8.42 Å². The number of thiophene rings is 1. The number of nitrogens with zero attached hydrogens (tertiary/aromatic N) is 2. The third-order valence-electron chi connectivity index (χ3n) is 3.84. The molecule has 0 unspecified atom stereocenters. The molecule has 0 saturated carbocycles. The van der Waals surface area contributed by atoms with E-state index in [2.05, 4.69) is 15.9 Å². The zero-order chi connectivity index (χ0) is 18.2. The van der Waals surface area contributed by atoms with Gasteiger partial charge in [0.1, 0.15) is 0 Å². The predicted octanol–water partition coefficient (Wildman–Crippen LogP) is 3.96. The van der Waals surface area contributed by atoms with Crippen LogP contribution >= 0.6 is 50.5 Å². The fourth-order valence-electron chi connectivity index (χ4n) is 2.50. The van der Waals surface area contributed by atoms with Gasteiger partial charge >= 0.3 is 0 Å². The van der Waals surface area contributed by atoms with Crippen molar-refractivity contribution < 1.29 is 13.2 Å².